The lowest BCUT2D eigenvalue weighted by atomic mass is 10.0. The van der Waals surface area contributed by atoms with Crippen molar-refractivity contribution < 1.29 is 10.0 Å². The van der Waals surface area contributed by atoms with Crippen LogP contribution >= 0.6 is 0 Å². The number of rotatable bonds is 3. The fourth-order valence-electron chi connectivity index (χ4n) is 2.58. The van der Waals surface area contributed by atoms with Gasteiger partial charge in [0.1, 0.15) is 0 Å². The highest BCUT2D eigenvalue weighted by atomic mass is 16.5. The van der Waals surface area contributed by atoms with Crippen molar-refractivity contribution in [1.82, 2.24) is 10.0 Å². The lowest BCUT2D eigenvalue weighted by molar-refractivity contribution is -0.0431. The summed E-state index contributed by atoms with van der Waals surface area (Å²) in [5.74, 6) is 0.630. The average Bonchev–Trinajstić information content (AvgIpc) is 3.17. The van der Waals surface area contributed by atoms with Crippen LogP contribution in [0, 0.1) is 5.92 Å². The lowest BCUT2D eigenvalue weighted by Crippen LogP contribution is -2.34. The molecule has 19 heavy (non-hydrogen) atoms. The molecule has 1 fully saturated rings. The van der Waals surface area contributed by atoms with Gasteiger partial charge < -0.3 is 5.73 Å². The van der Waals surface area contributed by atoms with Crippen LogP contribution in [0.1, 0.15) is 17.9 Å². The summed E-state index contributed by atoms with van der Waals surface area (Å²) >= 11 is 0. The van der Waals surface area contributed by atoms with Gasteiger partial charge in [0.05, 0.1) is 12.1 Å². The molecular formula is C14H15N3O2. The van der Waals surface area contributed by atoms with E-state index in [1.54, 1.807) is 6.20 Å². The summed E-state index contributed by atoms with van der Waals surface area (Å²) in [6, 6.07) is 9.21. The predicted molar refractivity (Wildman–Crippen MR) is 70.7 cm³/mol. The van der Waals surface area contributed by atoms with Gasteiger partial charge in [0.2, 0.25) is 0 Å². The minimum Gasteiger partial charge on any atom is -0.350 e. The van der Waals surface area contributed by atoms with E-state index in [4.69, 9.17) is 5.73 Å². The molecule has 0 unspecified atom stereocenters. The molecule has 3 N–H and O–H groups in total. The Morgan fingerprint density at radius 3 is 3.00 bits per heavy atom. The Labute approximate surface area is 110 Å². The smallest absolute Gasteiger partial charge is 0.338 e. The molecule has 0 spiro atoms. The monoisotopic (exact) mass is 257 g/mol. The lowest BCUT2D eigenvalue weighted by Gasteiger charge is -2.11. The van der Waals surface area contributed by atoms with E-state index in [0.717, 1.165) is 17.3 Å². The van der Waals surface area contributed by atoms with E-state index in [-0.39, 0.29) is 12.5 Å². The zero-order chi connectivity index (χ0) is 13.4. The quantitative estimate of drug-likeness (QED) is 0.652. The van der Waals surface area contributed by atoms with Gasteiger partial charge in [0.15, 0.2) is 0 Å². The number of hydrogen-bond acceptors (Lipinski definition) is 3. The van der Waals surface area contributed by atoms with Crippen LogP contribution < -0.4 is 5.73 Å². The molecule has 0 bridgehead atoms. The molecule has 1 aliphatic carbocycles. The number of aromatic nitrogens is 1. The van der Waals surface area contributed by atoms with Gasteiger partial charge in [0.25, 0.3) is 0 Å². The second-order valence-electron chi connectivity index (χ2n) is 4.94. The Morgan fingerprint density at radius 2 is 2.21 bits per heavy atom. The Hall–Kier alpha value is -2.14. The van der Waals surface area contributed by atoms with Crippen LogP contribution in [0.3, 0.4) is 0 Å². The molecule has 1 heterocycles. The van der Waals surface area contributed by atoms with Crippen molar-refractivity contribution in [3.8, 4) is 0 Å². The van der Waals surface area contributed by atoms with Gasteiger partial charge in [-0.2, -0.15) is 0 Å². The van der Waals surface area contributed by atoms with E-state index in [0.29, 0.717) is 11.0 Å². The summed E-state index contributed by atoms with van der Waals surface area (Å²) in [6.07, 6.45) is 2.76. The molecule has 1 aromatic carbocycles. The van der Waals surface area contributed by atoms with Crippen LogP contribution in [0.2, 0.25) is 0 Å². The summed E-state index contributed by atoms with van der Waals surface area (Å²) < 4.78 is 0. The maximum atomic E-state index is 10.8. The van der Waals surface area contributed by atoms with Crippen LogP contribution in [-0.4, -0.2) is 27.8 Å². The van der Waals surface area contributed by atoms with E-state index < -0.39 is 6.03 Å². The third-order valence-corrected chi connectivity index (χ3v) is 3.67. The van der Waals surface area contributed by atoms with Crippen molar-refractivity contribution >= 4 is 16.9 Å². The molecule has 2 aromatic rings. The Kier molecular flexibility index (Phi) is 2.83. The van der Waals surface area contributed by atoms with E-state index in [1.165, 1.54) is 5.56 Å². The molecule has 3 rings (SSSR count). The molecular weight excluding hydrogens is 242 g/mol. The summed E-state index contributed by atoms with van der Waals surface area (Å²) in [5.41, 5.74) is 7.22. The molecule has 2 atom stereocenters. The van der Waals surface area contributed by atoms with Gasteiger partial charge in [-0.15, -0.1) is 0 Å². The number of urea groups is 1. The highest BCUT2D eigenvalue weighted by Crippen LogP contribution is 2.49. The maximum Gasteiger partial charge on any atom is 0.338 e. The Balaban J connectivity index is 1.82. The van der Waals surface area contributed by atoms with Crippen LogP contribution in [0.4, 0.5) is 4.79 Å². The summed E-state index contributed by atoms with van der Waals surface area (Å²) in [6.45, 7) is 0.288. The summed E-state index contributed by atoms with van der Waals surface area (Å²) in [5, 5.41) is 11.1. The van der Waals surface area contributed by atoms with Crippen molar-refractivity contribution in [2.45, 2.75) is 12.3 Å². The van der Waals surface area contributed by atoms with E-state index in [1.807, 2.05) is 24.3 Å². The number of carbonyl (C=O) groups is 1. The van der Waals surface area contributed by atoms with E-state index in [9.17, 15) is 10.0 Å². The van der Waals surface area contributed by atoms with E-state index in [2.05, 4.69) is 11.1 Å². The van der Waals surface area contributed by atoms with Crippen LogP contribution in [0.5, 0.6) is 0 Å². The van der Waals surface area contributed by atoms with E-state index >= 15 is 0 Å². The number of nitrogens with zero attached hydrogens (tertiary/aromatic N) is 2. The van der Waals surface area contributed by atoms with Gasteiger partial charge in [0, 0.05) is 11.6 Å². The number of fused-ring (bicyclic) bond motifs is 1. The molecule has 0 aliphatic heterocycles. The number of pyridine rings is 1. The first kappa shape index (κ1) is 11.9. The van der Waals surface area contributed by atoms with Gasteiger partial charge in [-0.3, -0.25) is 10.2 Å². The number of carbonyl (C=O) groups excluding carboxylic acids is 1. The van der Waals surface area contributed by atoms with Gasteiger partial charge in [-0.1, -0.05) is 18.2 Å². The average molecular weight is 257 g/mol. The molecule has 0 radical (unpaired) electrons. The number of hydrogen-bond donors (Lipinski definition) is 2. The van der Waals surface area contributed by atoms with Gasteiger partial charge >= 0.3 is 6.03 Å². The topological polar surface area (TPSA) is 79.5 Å². The second kappa shape index (κ2) is 4.51. The zero-order valence-electron chi connectivity index (χ0n) is 10.4. The van der Waals surface area contributed by atoms with Crippen molar-refractivity contribution in [2.75, 3.05) is 6.54 Å². The fraction of sp³-hybridized carbons (Fsp3) is 0.286. The molecule has 98 valence electrons. The summed E-state index contributed by atoms with van der Waals surface area (Å²) in [4.78, 5) is 15.1. The molecule has 2 amide bonds. The number of amides is 2. The Morgan fingerprint density at radius 1 is 1.42 bits per heavy atom. The maximum absolute atomic E-state index is 10.8. The standard InChI is InChI=1S/C14H15N3O2/c15-14(18)17(19)8-9-7-12(9)10-5-6-16-13-4-2-1-3-11(10)13/h1-6,9,12,19H,7-8H2,(H2,15,18)/t9-,12+/m0/s1. The molecule has 1 aromatic heterocycles. The third-order valence-electron chi connectivity index (χ3n) is 3.67. The first-order chi connectivity index (χ1) is 9.16. The number of hydroxylamine groups is 2. The second-order valence-corrected chi connectivity index (χ2v) is 4.94. The predicted octanol–water partition coefficient (Wildman–Crippen LogP) is 2.11. The third kappa shape index (κ3) is 2.24. The number of benzene rings is 1. The normalized spacial score (nSPS) is 21.3. The highest BCUT2D eigenvalue weighted by molar-refractivity contribution is 5.82. The minimum absolute atomic E-state index is 0.267. The van der Waals surface area contributed by atoms with Gasteiger partial charge in [-0.05, 0) is 36.0 Å². The largest absolute Gasteiger partial charge is 0.350 e. The number of primary amides is 1. The number of nitrogens with two attached hydrogens (primary N) is 1. The first-order valence-corrected chi connectivity index (χ1v) is 6.26. The molecule has 5 heteroatoms. The highest BCUT2D eigenvalue weighted by Gasteiger charge is 2.40. The first-order valence-electron chi connectivity index (χ1n) is 6.26. The number of para-hydroxylation sites is 1. The fourth-order valence-corrected chi connectivity index (χ4v) is 2.58. The minimum atomic E-state index is -0.801. The van der Waals surface area contributed by atoms with Crippen LogP contribution in [0.15, 0.2) is 36.5 Å². The van der Waals surface area contributed by atoms with Crippen molar-refractivity contribution in [3.63, 3.8) is 0 Å². The van der Waals surface area contributed by atoms with Crippen molar-refractivity contribution in [2.24, 2.45) is 11.7 Å². The van der Waals surface area contributed by atoms with Gasteiger partial charge in [-0.25, -0.2) is 9.86 Å². The SMILES string of the molecule is NC(=O)N(O)C[C@@H]1C[C@H]1c1ccnc2ccccc12. The molecule has 1 aliphatic rings. The van der Waals surface area contributed by atoms with Crippen molar-refractivity contribution in [3.05, 3.63) is 42.1 Å². The summed E-state index contributed by atoms with van der Waals surface area (Å²) in [7, 11) is 0. The molecule has 1 saturated carbocycles. The van der Waals surface area contributed by atoms with Crippen LogP contribution in [-0.2, 0) is 0 Å². The molecule has 5 nitrogen and oxygen atoms in total. The molecule has 0 saturated heterocycles. The zero-order valence-corrected chi connectivity index (χ0v) is 10.4. The van der Waals surface area contributed by atoms with Crippen molar-refractivity contribution in [1.29, 1.82) is 0 Å². The van der Waals surface area contributed by atoms with Crippen LogP contribution in [0.25, 0.3) is 10.9 Å². The Bertz CT molecular complexity index is 624.